The third kappa shape index (κ3) is 34.4. The molecule has 0 unspecified atom stereocenters. The molecule has 22 heteroatoms. The van der Waals surface area contributed by atoms with Crippen LogP contribution in [0.3, 0.4) is 0 Å². The first-order chi connectivity index (χ1) is 31.8. The van der Waals surface area contributed by atoms with E-state index in [0.717, 1.165) is 103 Å². The Bertz CT molecular complexity index is 1230. The molecule has 1 heterocycles. The highest BCUT2D eigenvalue weighted by Gasteiger charge is 2.30. The second kappa shape index (κ2) is 42.2. The Morgan fingerprint density at radius 2 is 1.09 bits per heavy atom. The largest absolute Gasteiger partial charge is 0.393 e. The van der Waals surface area contributed by atoms with Crippen molar-refractivity contribution in [3.8, 4) is 0 Å². The summed E-state index contributed by atoms with van der Waals surface area (Å²) in [7, 11) is 16.6. The molecule has 0 aromatic carbocycles. The minimum atomic E-state index is -0.508. The number of carbonyl (C=O) groups excluding carboxylic acids is 4. The number of ether oxygens (including phenoxy) is 6. The molecule has 6 N–H and O–H groups in total. The zero-order valence-electron chi connectivity index (χ0n) is 42.2. The second-order valence-corrected chi connectivity index (χ2v) is 17.9. The maximum absolute atomic E-state index is 12.0. The molecule has 4 aliphatic rings. The van der Waals surface area contributed by atoms with Crippen molar-refractivity contribution in [2.75, 3.05) is 122 Å². The van der Waals surface area contributed by atoms with Crippen LogP contribution in [0, 0.1) is 5.92 Å². The van der Waals surface area contributed by atoms with Gasteiger partial charge in [0.25, 0.3) is 0 Å². The molecule has 0 bridgehead atoms. The quantitative estimate of drug-likeness (QED) is 0.0755. The molecule has 0 radical (unpaired) electrons. The van der Waals surface area contributed by atoms with E-state index >= 15 is 0 Å². The van der Waals surface area contributed by atoms with Gasteiger partial charge in [-0.1, -0.05) is 0 Å². The number of hydrogen-bond donors (Lipinski definition) is 5. The number of piperazine rings is 1. The molecule has 1 saturated heterocycles. The van der Waals surface area contributed by atoms with E-state index in [9.17, 15) is 29.4 Å². The van der Waals surface area contributed by atoms with Crippen LogP contribution in [0.1, 0.15) is 89.9 Å². The fourth-order valence-corrected chi connectivity index (χ4v) is 7.44. The Kier molecular flexibility index (Phi) is 42.5. The van der Waals surface area contributed by atoms with Crippen molar-refractivity contribution in [3.05, 3.63) is 0 Å². The smallest absolute Gasteiger partial charge is 0.237 e. The normalized spacial score (nSPS) is 22.9. The maximum atomic E-state index is 12.0. The molecule has 19 nitrogen and oxygen atoms in total. The Morgan fingerprint density at radius 3 is 1.43 bits per heavy atom. The lowest BCUT2D eigenvalue weighted by molar-refractivity contribution is -0.143. The number of carbonyl (C=O) groups is 4. The topological polar surface area (TPSA) is 235 Å². The number of rotatable bonds is 18. The van der Waals surface area contributed by atoms with Gasteiger partial charge in [-0.05, 0) is 108 Å². The lowest BCUT2D eigenvalue weighted by Gasteiger charge is -2.39. The summed E-state index contributed by atoms with van der Waals surface area (Å²) in [5, 5.41) is 30.3. The molecule has 3 aliphatic carbocycles. The highest BCUT2D eigenvalue weighted by Crippen LogP contribution is 2.28. The van der Waals surface area contributed by atoms with Gasteiger partial charge in [0.15, 0.2) is 18.9 Å². The SMILES string of the molecule is CN1CCN(C2CCC(O)CC2)CC1=O.CNCC(OC)OC.COC(CN(C)C(=O)CCC1CCC(O)CC1)OC.COC(CN(C)C(=O)CCl)OC.NC1CCC(O)CC1.O=C(Cl)CCl. The van der Waals surface area contributed by atoms with Crippen LogP contribution < -0.4 is 11.1 Å². The predicted octanol–water partition coefficient (Wildman–Crippen LogP) is 2.83. The van der Waals surface area contributed by atoms with Crippen molar-refractivity contribution >= 4 is 57.8 Å². The number of nitrogens with zero attached hydrogens (tertiary/aromatic N) is 4. The molecule has 4 rings (SSSR count). The number of aliphatic hydroxyl groups excluding tert-OH is 3. The van der Waals surface area contributed by atoms with Gasteiger partial charge in [-0.3, -0.25) is 24.1 Å². The average Bonchev–Trinajstić information content (AvgIpc) is 3.33. The van der Waals surface area contributed by atoms with Gasteiger partial charge in [0.2, 0.25) is 23.0 Å². The molecule has 3 saturated carbocycles. The van der Waals surface area contributed by atoms with E-state index in [1.54, 1.807) is 52.3 Å². The summed E-state index contributed by atoms with van der Waals surface area (Å²) in [6, 6.07) is 0.879. The molecular formula is C45H89Cl3N6O13. The standard InChI is InChI=1S/C14H27NO4.C11H20N2O2.C7H14ClNO3.C6H13NO.C5H13NO2.C2H2Cl2O/c1-15(10-14(18-2)19-3)13(17)9-6-11-4-7-12(16)8-5-11;1-12-6-7-13(8-11(12)15)9-2-4-10(14)5-3-9;1-9(6(10)4-8)5-7(11-2)12-3;7-5-1-3-6(8)4-2-5;1-6-4-5(7-2)8-3;3-1-2(4)5/h11-12,14,16H,4-10H2,1-3H3;9-10,14H,2-8H2,1H3;7H,4-5H2,1-3H3;5-6,8H,1-4,7H2;5-6H,4H2,1-3H3;1H2. The summed E-state index contributed by atoms with van der Waals surface area (Å²) in [6.07, 6.45) is 11.8. The zero-order chi connectivity index (χ0) is 51.3. The van der Waals surface area contributed by atoms with Gasteiger partial charge in [0.1, 0.15) is 5.88 Å². The van der Waals surface area contributed by atoms with Crippen LogP contribution >= 0.6 is 34.8 Å². The minimum Gasteiger partial charge on any atom is -0.393 e. The van der Waals surface area contributed by atoms with Crippen molar-refractivity contribution in [1.82, 2.24) is 24.9 Å². The molecular weight excluding hydrogens is 939 g/mol. The third-order valence-corrected chi connectivity index (χ3v) is 12.6. The van der Waals surface area contributed by atoms with Gasteiger partial charge in [-0.2, -0.15) is 0 Å². The van der Waals surface area contributed by atoms with Crippen molar-refractivity contribution in [2.45, 2.75) is 139 Å². The highest BCUT2D eigenvalue weighted by molar-refractivity contribution is 6.67. The van der Waals surface area contributed by atoms with Gasteiger partial charge in [0.05, 0.1) is 43.8 Å². The fraction of sp³-hybridized carbons (Fsp3) is 0.911. The molecule has 67 heavy (non-hydrogen) atoms. The van der Waals surface area contributed by atoms with E-state index < -0.39 is 5.24 Å². The first-order valence-corrected chi connectivity index (χ1v) is 24.6. The Hall–Kier alpha value is -1.53. The van der Waals surface area contributed by atoms with Crippen LogP contribution in [0.4, 0.5) is 0 Å². The molecule has 3 amide bonds. The number of halogens is 3. The van der Waals surface area contributed by atoms with Gasteiger partial charge in [0, 0.05) is 102 Å². The number of nitrogens with two attached hydrogens (primary N) is 1. The molecule has 1 aliphatic heterocycles. The Labute approximate surface area is 416 Å². The van der Waals surface area contributed by atoms with Crippen LogP contribution in [0.15, 0.2) is 0 Å². The number of likely N-dealkylation sites (N-methyl/N-ethyl adjacent to an activating group) is 4. The van der Waals surface area contributed by atoms with E-state index in [-0.39, 0.29) is 66.7 Å². The lowest BCUT2D eigenvalue weighted by Crippen LogP contribution is -2.53. The predicted molar refractivity (Wildman–Crippen MR) is 262 cm³/mol. The van der Waals surface area contributed by atoms with Crippen LogP contribution in [0.5, 0.6) is 0 Å². The van der Waals surface area contributed by atoms with Crippen molar-refractivity contribution < 1.29 is 62.9 Å². The van der Waals surface area contributed by atoms with E-state index in [1.807, 2.05) is 14.1 Å². The summed E-state index contributed by atoms with van der Waals surface area (Å²) in [6.45, 7) is 3.97. The fourth-order valence-electron chi connectivity index (χ4n) is 7.24. The summed E-state index contributed by atoms with van der Waals surface area (Å²) < 4.78 is 29.7. The molecule has 0 aromatic rings. The van der Waals surface area contributed by atoms with E-state index in [1.165, 1.54) is 19.1 Å². The highest BCUT2D eigenvalue weighted by atomic mass is 35.5. The molecule has 0 aromatic heterocycles. The molecule has 0 spiro atoms. The minimum absolute atomic E-state index is 0.0172. The van der Waals surface area contributed by atoms with Crippen molar-refractivity contribution in [3.63, 3.8) is 0 Å². The second-order valence-electron chi connectivity index (χ2n) is 17.0. The monoisotopic (exact) mass is 1030 g/mol. The van der Waals surface area contributed by atoms with Crippen molar-refractivity contribution in [1.29, 1.82) is 0 Å². The van der Waals surface area contributed by atoms with E-state index in [0.29, 0.717) is 44.1 Å². The summed E-state index contributed by atoms with van der Waals surface area (Å²) >= 11 is 14.9. The average molecular weight is 1030 g/mol. The first kappa shape index (κ1) is 67.5. The third-order valence-electron chi connectivity index (χ3n) is 11.9. The number of nitrogens with one attached hydrogen (secondary N) is 1. The van der Waals surface area contributed by atoms with Gasteiger partial charge in [-0.25, -0.2) is 0 Å². The molecule has 0 atom stereocenters. The van der Waals surface area contributed by atoms with E-state index in [2.05, 4.69) is 10.2 Å². The van der Waals surface area contributed by atoms with Crippen LogP contribution in [0.25, 0.3) is 0 Å². The van der Waals surface area contributed by atoms with Crippen molar-refractivity contribution in [2.24, 2.45) is 11.7 Å². The van der Waals surface area contributed by atoms with Crippen LogP contribution in [0.2, 0.25) is 0 Å². The van der Waals surface area contributed by atoms with Gasteiger partial charge < -0.3 is 69.5 Å². The number of alkyl halides is 2. The van der Waals surface area contributed by atoms with Gasteiger partial charge in [-0.15, -0.1) is 23.2 Å². The number of methoxy groups -OCH3 is 6. The van der Waals surface area contributed by atoms with Gasteiger partial charge >= 0.3 is 0 Å². The molecule has 398 valence electrons. The van der Waals surface area contributed by atoms with Crippen LogP contribution in [-0.4, -0.2) is 229 Å². The van der Waals surface area contributed by atoms with Crippen LogP contribution in [-0.2, 0) is 47.6 Å². The summed E-state index contributed by atoms with van der Waals surface area (Å²) in [5.41, 5.74) is 5.59. The summed E-state index contributed by atoms with van der Waals surface area (Å²) in [4.78, 5) is 51.1. The zero-order valence-corrected chi connectivity index (χ0v) is 44.4. The number of hydrogen-bond acceptors (Lipinski definition) is 16. The Morgan fingerprint density at radius 1 is 0.687 bits per heavy atom. The number of aliphatic hydroxyl groups is 3. The lowest BCUT2D eigenvalue weighted by atomic mass is 9.84. The number of amides is 3. The maximum Gasteiger partial charge on any atom is 0.237 e. The van der Waals surface area contributed by atoms with E-state index in [4.69, 9.17) is 74.1 Å². The summed E-state index contributed by atoms with van der Waals surface area (Å²) in [5.74, 6) is 0.688. The molecule has 4 fully saturated rings. The first-order valence-electron chi connectivity index (χ1n) is 23.2. The Balaban J connectivity index is 0.